The third kappa shape index (κ3) is 5.02. The summed E-state index contributed by atoms with van der Waals surface area (Å²) < 4.78 is 5.60. The number of carbonyl (C=O) groups excluding carboxylic acids is 1. The molecule has 2 N–H and O–H groups in total. The van der Waals surface area contributed by atoms with E-state index < -0.39 is 0 Å². The molecular formula is C15H21ClN2O2. The van der Waals surface area contributed by atoms with Crippen molar-refractivity contribution in [3.8, 4) is 5.75 Å². The highest BCUT2D eigenvalue weighted by Gasteiger charge is 2.20. The fourth-order valence-electron chi connectivity index (χ4n) is 1.88. The summed E-state index contributed by atoms with van der Waals surface area (Å²) in [5.41, 5.74) is 0.988. The van der Waals surface area contributed by atoms with E-state index in [0.29, 0.717) is 23.4 Å². The molecule has 110 valence electrons. The molecule has 5 heteroatoms. The lowest BCUT2D eigenvalue weighted by atomic mass is 10.2. The van der Waals surface area contributed by atoms with Gasteiger partial charge in [0.15, 0.2) is 6.61 Å². The average molecular weight is 297 g/mol. The minimum atomic E-state index is -0.115. The number of carbonyl (C=O) groups is 1. The maximum atomic E-state index is 11.6. The van der Waals surface area contributed by atoms with Crippen LogP contribution >= 0.6 is 11.6 Å². The van der Waals surface area contributed by atoms with Gasteiger partial charge in [0.25, 0.3) is 5.91 Å². The van der Waals surface area contributed by atoms with Crippen LogP contribution in [0.5, 0.6) is 5.75 Å². The minimum Gasteiger partial charge on any atom is -0.483 e. The molecule has 1 aliphatic carbocycles. The van der Waals surface area contributed by atoms with E-state index in [1.54, 1.807) is 6.07 Å². The van der Waals surface area contributed by atoms with Crippen molar-refractivity contribution in [3.05, 3.63) is 28.8 Å². The zero-order valence-corrected chi connectivity index (χ0v) is 12.7. The zero-order valence-electron chi connectivity index (χ0n) is 11.9. The zero-order chi connectivity index (χ0) is 14.5. The van der Waals surface area contributed by atoms with Crippen molar-refractivity contribution in [2.24, 2.45) is 0 Å². The second kappa shape index (κ2) is 6.95. The van der Waals surface area contributed by atoms with E-state index >= 15 is 0 Å². The summed E-state index contributed by atoms with van der Waals surface area (Å²) in [5.74, 6) is 0.595. The number of hydrogen-bond donors (Lipinski definition) is 2. The summed E-state index contributed by atoms with van der Waals surface area (Å²) >= 11 is 6.02. The topological polar surface area (TPSA) is 50.4 Å². The van der Waals surface area contributed by atoms with Crippen molar-refractivity contribution in [2.45, 2.75) is 45.3 Å². The summed E-state index contributed by atoms with van der Waals surface area (Å²) in [4.78, 5) is 11.6. The molecular weight excluding hydrogens is 276 g/mol. The Morgan fingerprint density at radius 1 is 1.45 bits per heavy atom. The summed E-state index contributed by atoms with van der Waals surface area (Å²) in [6.45, 7) is 4.58. The minimum absolute atomic E-state index is 0.0240. The van der Waals surface area contributed by atoms with Gasteiger partial charge in [-0.2, -0.15) is 0 Å². The Balaban J connectivity index is 1.92. The van der Waals surface area contributed by atoms with Gasteiger partial charge in [0, 0.05) is 29.2 Å². The van der Waals surface area contributed by atoms with Gasteiger partial charge in [0.05, 0.1) is 0 Å². The first-order valence-electron chi connectivity index (χ1n) is 6.98. The van der Waals surface area contributed by atoms with Crippen molar-refractivity contribution >= 4 is 17.5 Å². The van der Waals surface area contributed by atoms with E-state index in [2.05, 4.69) is 10.6 Å². The van der Waals surface area contributed by atoms with E-state index in [1.165, 1.54) is 12.8 Å². The molecule has 0 atom stereocenters. The molecule has 1 saturated carbocycles. The van der Waals surface area contributed by atoms with Gasteiger partial charge in [0.1, 0.15) is 5.75 Å². The van der Waals surface area contributed by atoms with Crippen molar-refractivity contribution in [1.82, 2.24) is 10.6 Å². The highest BCUT2D eigenvalue weighted by atomic mass is 35.5. The van der Waals surface area contributed by atoms with Crippen LogP contribution in [0.25, 0.3) is 0 Å². The molecule has 1 aromatic rings. The summed E-state index contributed by atoms with van der Waals surface area (Å²) in [7, 11) is 0. The van der Waals surface area contributed by atoms with E-state index in [0.717, 1.165) is 5.56 Å². The molecule has 0 aliphatic heterocycles. The van der Waals surface area contributed by atoms with Crippen LogP contribution in [0.1, 0.15) is 32.3 Å². The maximum Gasteiger partial charge on any atom is 0.258 e. The molecule has 2 rings (SSSR count). The monoisotopic (exact) mass is 296 g/mol. The molecule has 0 aromatic heterocycles. The number of nitrogens with one attached hydrogen (secondary N) is 2. The maximum absolute atomic E-state index is 11.6. The molecule has 0 bridgehead atoms. The fraction of sp³-hybridized carbons (Fsp3) is 0.533. The lowest BCUT2D eigenvalue weighted by Gasteiger charge is -2.13. The molecule has 0 unspecified atom stereocenters. The van der Waals surface area contributed by atoms with Crippen LogP contribution in [0.3, 0.4) is 0 Å². The predicted octanol–water partition coefficient (Wildman–Crippen LogP) is 2.50. The Hall–Kier alpha value is -1.26. The summed E-state index contributed by atoms with van der Waals surface area (Å²) in [6, 6.07) is 6.21. The van der Waals surface area contributed by atoms with Gasteiger partial charge in [-0.25, -0.2) is 0 Å². The Morgan fingerprint density at radius 3 is 2.85 bits per heavy atom. The van der Waals surface area contributed by atoms with E-state index in [1.807, 2.05) is 26.0 Å². The first-order valence-corrected chi connectivity index (χ1v) is 7.36. The lowest BCUT2D eigenvalue weighted by molar-refractivity contribution is -0.123. The Labute approximate surface area is 124 Å². The number of rotatable bonds is 7. The van der Waals surface area contributed by atoms with Crippen LogP contribution in [-0.4, -0.2) is 24.6 Å². The smallest absolute Gasteiger partial charge is 0.258 e. The Bertz CT molecular complexity index is 473. The predicted molar refractivity (Wildman–Crippen MR) is 80.1 cm³/mol. The Morgan fingerprint density at radius 2 is 2.20 bits per heavy atom. The molecule has 20 heavy (non-hydrogen) atoms. The van der Waals surface area contributed by atoms with Gasteiger partial charge < -0.3 is 15.4 Å². The van der Waals surface area contributed by atoms with Gasteiger partial charge in [-0.15, -0.1) is 0 Å². The van der Waals surface area contributed by atoms with Gasteiger partial charge in [-0.3, -0.25) is 4.79 Å². The van der Waals surface area contributed by atoms with Crippen molar-refractivity contribution in [2.75, 3.05) is 6.61 Å². The first-order chi connectivity index (χ1) is 9.54. The SMILES string of the molecule is CC(C)NC(=O)COc1ccc(Cl)cc1CNC1CC1. The third-order valence-corrected chi connectivity index (χ3v) is 3.22. The number of ether oxygens (including phenoxy) is 1. The van der Waals surface area contributed by atoms with Gasteiger partial charge in [-0.1, -0.05) is 11.6 Å². The van der Waals surface area contributed by atoms with E-state index in [4.69, 9.17) is 16.3 Å². The molecule has 1 amide bonds. The van der Waals surface area contributed by atoms with Gasteiger partial charge >= 0.3 is 0 Å². The molecule has 0 radical (unpaired) electrons. The standard InChI is InChI=1S/C15H21ClN2O2/c1-10(2)18-15(19)9-20-14-6-3-12(16)7-11(14)8-17-13-4-5-13/h3,6-7,10,13,17H,4-5,8-9H2,1-2H3,(H,18,19). The lowest BCUT2D eigenvalue weighted by Crippen LogP contribution is -2.34. The van der Waals surface area contributed by atoms with Crippen LogP contribution in [0.15, 0.2) is 18.2 Å². The van der Waals surface area contributed by atoms with Gasteiger partial charge in [0.2, 0.25) is 0 Å². The largest absolute Gasteiger partial charge is 0.483 e. The highest BCUT2D eigenvalue weighted by Crippen LogP contribution is 2.25. The number of benzene rings is 1. The van der Waals surface area contributed by atoms with Crippen LogP contribution < -0.4 is 15.4 Å². The highest BCUT2D eigenvalue weighted by molar-refractivity contribution is 6.30. The molecule has 0 spiro atoms. The number of hydrogen-bond acceptors (Lipinski definition) is 3. The molecule has 1 fully saturated rings. The Kier molecular flexibility index (Phi) is 5.26. The molecule has 1 aliphatic rings. The summed E-state index contributed by atoms with van der Waals surface area (Å²) in [6.07, 6.45) is 2.46. The fourth-order valence-corrected chi connectivity index (χ4v) is 2.07. The van der Waals surface area contributed by atoms with Crippen molar-refractivity contribution < 1.29 is 9.53 Å². The normalized spacial score (nSPS) is 14.4. The molecule has 0 saturated heterocycles. The van der Waals surface area contributed by atoms with Crippen LogP contribution in [-0.2, 0) is 11.3 Å². The van der Waals surface area contributed by atoms with E-state index in [9.17, 15) is 4.79 Å². The number of halogens is 1. The quantitative estimate of drug-likeness (QED) is 0.813. The molecule has 4 nitrogen and oxygen atoms in total. The van der Waals surface area contributed by atoms with Gasteiger partial charge in [-0.05, 0) is 44.9 Å². The molecule has 0 heterocycles. The van der Waals surface area contributed by atoms with E-state index in [-0.39, 0.29) is 18.6 Å². The van der Waals surface area contributed by atoms with Crippen LogP contribution in [0.2, 0.25) is 5.02 Å². The van der Waals surface area contributed by atoms with Crippen molar-refractivity contribution in [3.63, 3.8) is 0 Å². The number of amides is 1. The van der Waals surface area contributed by atoms with Crippen LogP contribution in [0.4, 0.5) is 0 Å². The third-order valence-electron chi connectivity index (χ3n) is 2.99. The average Bonchev–Trinajstić information content (AvgIpc) is 3.18. The summed E-state index contributed by atoms with van der Waals surface area (Å²) in [5, 5.41) is 6.90. The van der Waals surface area contributed by atoms with Crippen molar-refractivity contribution in [1.29, 1.82) is 0 Å². The second-order valence-electron chi connectivity index (χ2n) is 5.42. The molecule has 1 aromatic carbocycles. The second-order valence-corrected chi connectivity index (χ2v) is 5.85. The first kappa shape index (κ1) is 15.1. The van der Waals surface area contributed by atoms with Crippen LogP contribution in [0, 0.1) is 0 Å².